The van der Waals surface area contributed by atoms with Crippen LogP contribution in [-0.2, 0) is 4.74 Å². The zero-order chi connectivity index (χ0) is 19.3. The lowest BCUT2D eigenvalue weighted by molar-refractivity contribution is 0.0841. The summed E-state index contributed by atoms with van der Waals surface area (Å²) in [6.07, 6.45) is 6.97. The fourth-order valence-electron chi connectivity index (χ4n) is 4.95. The van der Waals surface area contributed by atoms with E-state index in [1.165, 1.54) is 29.8 Å². The summed E-state index contributed by atoms with van der Waals surface area (Å²) >= 11 is 5.80. The number of hydrogen-bond donors (Lipinski definition) is 1. The van der Waals surface area contributed by atoms with Gasteiger partial charge in [-0.2, -0.15) is 0 Å². The summed E-state index contributed by atoms with van der Waals surface area (Å²) < 4.78 is 8.47. The van der Waals surface area contributed by atoms with Crippen molar-refractivity contribution >= 4 is 17.3 Å². The molecule has 4 heterocycles. The first-order valence-corrected chi connectivity index (χ1v) is 10.8. The normalized spacial score (nSPS) is 27.4. The summed E-state index contributed by atoms with van der Waals surface area (Å²) in [5.41, 5.74) is 5.13. The van der Waals surface area contributed by atoms with Gasteiger partial charge in [0, 0.05) is 36.8 Å². The Balaban J connectivity index is 1.55. The van der Waals surface area contributed by atoms with Gasteiger partial charge < -0.3 is 19.5 Å². The topological polar surface area (TPSA) is 42.3 Å². The minimum Gasteiger partial charge on any atom is -0.376 e. The lowest BCUT2D eigenvalue weighted by Crippen LogP contribution is -2.36. The highest BCUT2D eigenvalue weighted by molar-refractivity contribution is 7.80. The predicted octanol–water partition coefficient (Wildman–Crippen LogP) is 3.99. The van der Waals surface area contributed by atoms with E-state index in [-0.39, 0.29) is 18.2 Å². The van der Waals surface area contributed by atoms with Crippen molar-refractivity contribution < 1.29 is 4.74 Å². The van der Waals surface area contributed by atoms with E-state index in [0.717, 1.165) is 36.8 Å². The molecule has 6 heteroatoms. The Labute approximate surface area is 172 Å². The highest BCUT2D eigenvalue weighted by Crippen LogP contribution is 2.44. The van der Waals surface area contributed by atoms with Crippen LogP contribution in [0.25, 0.3) is 0 Å². The molecule has 0 aromatic carbocycles. The van der Waals surface area contributed by atoms with Crippen LogP contribution in [0.5, 0.6) is 0 Å². The van der Waals surface area contributed by atoms with Gasteiger partial charge in [-0.05, 0) is 75.5 Å². The summed E-state index contributed by atoms with van der Waals surface area (Å²) in [4.78, 5) is 7.01. The number of aryl methyl sites for hydroxylation is 1. The number of hydrogen-bond acceptors (Lipinski definition) is 3. The van der Waals surface area contributed by atoms with Crippen LogP contribution in [0.3, 0.4) is 0 Å². The molecule has 2 aliphatic heterocycles. The summed E-state index contributed by atoms with van der Waals surface area (Å²) in [6.45, 7) is 6.20. The van der Waals surface area contributed by atoms with Gasteiger partial charge in [-0.1, -0.05) is 6.07 Å². The van der Waals surface area contributed by atoms with Gasteiger partial charge in [0.2, 0.25) is 0 Å². The second-order valence-corrected chi connectivity index (χ2v) is 8.73. The third-order valence-electron chi connectivity index (χ3n) is 6.38. The molecule has 3 atom stereocenters. The Morgan fingerprint density at radius 1 is 1.25 bits per heavy atom. The molecule has 2 aromatic heterocycles. The number of rotatable bonds is 5. The molecule has 1 N–H and O–H groups in total. The van der Waals surface area contributed by atoms with E-state index >= 15 is 0 Å². The third kappa shape index (κ3) is 3.12. The first-order valence-electron chi connectivity index (χ1n) is 10.4. The highest BCUT2D eigenvalue weighted by atomic mass is 32.1. The van der Waals surface area contributed by atoms with Crippen LogP contribution in [0.4, 0.5) is 0 Å². The fraction of sp³-hybridized carbons (Fsp3) is 0.545. The smallest absolute Gasteiger partial charge is 0.170 e. The Kier molecular flexibility index (Phi) is 4.63. The van der Waals surface area contributed by atoms with Crippen LogP contribution < -0.4 is 5.32 Å². The Hall–Kier alpha value is -1.92. The van der Waals surface area contributed by atoms with Gasteiger partial charge in [0.1, 0.15) is 0 Å². The molecule has 2 saturated heterocycles. The molecule has 5 nitrogen and oxygen atoms in total. The van der Waals surface area contributed by atoms with Crippen molar-refractivity contribution in [3.05, 3.63) is 53.1 Å². The van der Waals surface area contributed by atoms with Crippen LogP contribution in [0.15, 0.2) is 30.5 Å². The predicted molar refractivity (Wildman–Crippen MR) is 113 cm³/mol. The molecule has 0 radical (unpaired) electrons. The molecule has 3 aliphatic rings. The quantitative estimate of drug-likeness (QED) is 0.774. The average molecular weight is 397 g/mol. The summed E-state index contributed by atoms with van der Waals surface area (Å²) in [5, 5.41) is 4.39. The molecule has 0 spiro atoms. The monoisotopic (exact) mass is 396 g/mol. The first-order chi connectivity index (χ1) is 13.6. The number of nitrogens with one attached hydrogen (secondary N) is 1. The molecule has 1 aliphatic carbocycles. The Morgan fingerprint density at radius 3 is 2.79 bits per heavy atom. The second kappa shape index (κ2) is 7.16. The van der Waals surface area contributed by atoms with E-state index in [4.69, 9.17) is 17.0 Å². The summed E-state index contributed by atoms with van der Waals surface area (Å²) in [5.74, 6) is 0. The van der Waals surface area contributed by atoms with Crippen molar-refractivity contribution in [1.82, 2.24) is 19.8 Å². The zero-order valence-corrected chi connectivity index (χ0v) is 17.4. The number of aromatic nitrogens is 2. The van der Waals surface area contributed by atoms with Crippen molar-refractivity contribution in [2.45, 2.75) is 63.8 Å². The Bertz CT molecular complexity index is 870. The van der Waals surface area contributed by atoms with Gasteiger partial charge in [-0.25, -0.2) is 0 Å². The van der Waals surface area contributed by atoms with Crippen LogP contribution in [0, 0.1) is 13.8 Å². The minimum absolute atomic E-state index is 0.0586. The van der Waals surface area contributed by atoms with Gasteiger partial charge in [0.05, 0.1) is 23.9 Å². The lowest BCUT2D eigenvalue weighted by atomic mass is 9.96. The molecule has 3 fully saturated rings. The number of pyridine rings is 1. The van der Waals surface area contributed by atoms with E-state index in [2.05, 4.69) is 51.8 Å². The van der Waals surface area contributed by atoms with Gasteiger partial charge in [-0.3, -0.25) is 4.98 Å². The molecule has 28 heavy (non-hydrogen) atoms. The van der Waals surface area contributed by atoms with E-state index < -0.39 is 0 Å². The molecule has 0 amide bonds. The number of thiocarbonyl (C=S) groups is 1. The molecule has 1 saturated carbocycles. The van der Waals surface area contributed by atoms with E-state index in [9.17, 15) is 0 Å². The molecular weight excluding hydrogens is 368 g/mol. The number of nitrogens with zero attached hydrogens (tertiary/aromatic N) is 3. The molecular formula is C22H28N4OS. The average Bonchev–Trinajstić information content (AvgIpc) is 3.16. The summed E-state index contributed by atoms with van der Waals surface area (Å²) in [7, 11) is 0. The maximum absolute atomic E-state index is 5.95. The van der Waals surface area contributed by atoms with Crippen molar-refractivity contribution in [1.29, 1.82) is 0 Å². The van der Waals surface area contributed by atoms with E-state index in [0.29, 0.717) is 6.04 Å². The van der Waals surface area contributed by atoms with Crippen molar-refractivity contribution in [2.75, 3.05) is 13.2 Å². The van der Waals surface area contributed by atoms with Gasteiger partial charge in [0.15, 0.2) is 5.11 Å². The fourth-order valence-corrected chi connectivity index (χ4v) is 5.26. The van der Waals surface area contributed by atoms with E-state index in [1.54, 1.807) is 0 Å². The molecule has 2 aromatic rings. The van der Waals surface area contributed by atoms with Crippen LogP contribution >= 0.6 is 12.2 Å². The van der Waals surface area contributed by atoms with Crippen molar-refractivity contribution in [3.8, 4) is 0 Å². The SMILES string of the molecule is Cc1cc([C@@H]2[C@@H](c3ccccn3)NC(=S)N2C[C@H]2CCCO2)c(C)n1C1CC1. The van der Waals surface area contributed by atoms with Gasteiger partial charge in [0.25, 0.3) is 0 Å². The van der Waals surface area contributed by atoms with E-state index in [1.807, 2.05) is 12.3 Å². The lowest BCUT2D eigenvalue weighted by Gasteiger charge is -2.30. The highest BCUT2D eigenvalue weighted by Gasteiger charge is 2.43. The zero-order valence-electron chi connectivity index (χ0n) is 16.6. The largest absolute Gasteiger partial charge is 0.376 e. The standard InChI is InChI=1S/C22H28N4OS/c1-14-12-18(15(2)26(14)16-8-9-16)21-20(19-7-3-4-10-23-19)24-22(28)25(21)13-17-6-5-11-27-17/h3-4,7,10,12,16-17,20-21H,5-6,8-9,11,13H2,1-2H3,(H,24,28)/t17-,20-,21-/m1/s1. The Morgan fingerprint density at radius 2 is 2.11 bits per heavy atom. The maximum atomic E-state index is 5.95. The molecule has 148 valence electrons. The third-order valence-corrected chi connectivity index (χ3v) is 6.73. The molecule has 0 bridgehead atoms. The minimum atomic E-state index is 0.0586. The maximum Gasteiger partial charge on any atom is 0.170 e. The van der Waals surface area contributed by atoms with Crippen LogP contribution in [0.2, 0.25) is 0 Å². The summed E-state index contributed by atoms with van der Waals surface area (Å²) in [6, 6.07) is 9.37. The first kappa shape index (κ1) is 18.1. The van der Waals surface area contributed by atoms with Crippen LogP contribution in [0.1, 0.15) is 66.5 Å². The van der Waals surface area contributed by atoms with Gasteiger partial charge in [-0.15, -0.1) is 0 Å². The van der Waals surface area contributed by atoms with Gasteiger partial charge >= 0.3 is 0 Å². The molecule has 5 rings (SSSR count). The van der Waals surface area contributed by atoms with Crippen LogP contribution in [-0.4, -0.2) is 38.8 Å². The second-order valence-electron chi connectivity index (χ2n) is 8.34. The van der Waals surface area contributed by atoms with Crippen molar-refractivity contribution in [2.24, 2.45) is 0 Å². The molecule has 0 unspecified atom stereocenters. The van der Waals surface area contributed by atoms with Crippen molar-refractivity contribution in [3.63, 3.8) is 0 Å². The number of ether oxygens (including phenoxy) is 1.